The van der Waals surface area contributed by atoms with Gasteiger partial charge in [-0.25, -0.2) is 0 Å². The molecule has 0 bridgehead atoms. The van der Waals surface area contributed by atoms with Gasteiger partial charge >= 0.3 is 0 Å². The normalized spacial score (nSPS) is 16.9. The number of unbranched alkanes of at least 4 members (excludes halogenated alkanes) is 3. The van der Waals surface area contributed by atoms with E-state index in [1.54, 1.807) is 6.92 Å². The van der Waals surface area contributed by atoms with Crippen molar-refractivity contribution in [3.63, 3.8) is 0 Å². The molecule has 1 unspecified atom stereocenters. The maximum absolute atomic E-state index is 11.5. The Morgan fingerprint density at radius 2 is 1.92 bits per heavy atom. The first-order valence-corrected chi connectivity index (χ1v) is 9.77. The van der Waals surface area contributed by atoms with Crippen molar-refractivity contribution in [2.45, 2.75) is 78.6 Å². The molecule has 2 rings (SSSR count). The Bertz CT molecular complexity index is 567. The highest BCUT2D eigenvalue weighted by Gasteiger charge is 2.21. The van der Waals surface area contributed by atoms with Gasteiger partial charge < -0.3 is 0 Å². The predicted molar refractivity (Wildman–Crippen MR) is 104 cm³/mol. The molecule has 1 aliphatic carbocycles. The molecule has 132 valence electrons. The van der Waals surface area contributed by atoms with E-state index in [1.807, 2.05) is 6.07 Å². The molecule has 0 radical (unpaired) electrons. The summed E-state index contributed by atoms with van der Waals surface area (Å²) in [5.41, 5.74) is 5.10. The molecule has 0 heterocycles. The van der Waals surface area contributed by atoms with Crippen LogP contribution in [0.5, 0.6) is 0 Å². The third-order valence-corrected chi connectivity index (χ3v) is 5.45. The van der Waals surface area contributed by atoms with E-state index < -0.39 is 0 Å². The summed E-state index contributed by atoms with van der Waals surface area (Å²) in [5.74, 6) is 1.64. The lowest BCUT2D eigenvalue weighted by molar-refractivity contribution is 0.101. The number of carbonyl (C=O) groups is 1. The van der Waals surface area contributed by atoms with Crippen LogP contribution in [0.25, 0.3) is 0 Å². The van der Waals surface area contributed by atoms with Gasteiger partial charge in [-0.2, -0.15) is 0 Å². The van der Waals surface area contributed by atoms with Crippen molar-refractivity contribution >= 4 is 5.78 Å². The molecule has 1 aromatic rings. The number of aryl methyl sites for hydroxylation is 1. The topological polar surface area (TPSA) is 17.1 Å². The Morgan fingerprint density at radius 3 is 2.62 bits per heavy atom. The van der Waals surface area contributed by atoms with Gasteiger partial charge in [-0.05, 0) is 68.1 Å². The minimum absolute atomic E-state index is 0.168. The van der Waals surface area contributed by atoms with Crippen molar-refractivity contribution in [1.29, 1.82) is 0 Å². The van der Waals surface area contributed by atoms with Crippen LogP contribution in [-0.2, 0) is 12.8 Å². The van der Waals surface area contributed by atoms with Gasteiger partial charge in [-0.3, -0.25) is 4.79 Å². The van der Waals surface area contributed by atoms with Gasteiger partial charge in [0.05, 0.1) is 0 Å². The van der Waals surface area contributed by atoms with Crippen molar-refractivity contribution in [2.24, 2.45) is 11.8 Å². The average Bonchev–Trinajstić information content (AvgIpc) is 2.56. The van der Waals surface area contributed by atoms with Gasteiger partial charge in [-0.15, -0.1) is 0 Å². The monoisotopic (exact) mass is 326 g/mol. The lowest BCUT2D eigenvalue weighted by atomic mass is 9.78. The molecule has 0 fully saturated rings. The standard InChI is InChI=1S/C23H34O/c1-17(2)9-7-5-6-8-10-18(3)20-11-13-23-16-21(19(4)24)12-14-22(23)15-20/h12,14,16-17,20H,3,5-11,13,15H2,1-2,4H3. The van der Waals surface area contributed by atoms with Crippen LogP contribution in [0.3, 0.4) is 0 Å². The minimum atomic E-state index is 0.168. The maximum atomic E-state index is 11.5. The number of benzene rings is 1. The summed E-state index contributed by atoms with van der Waals surface area (Å²) >= 11 is 0. The molecule has 1 aromatic carbocycles. The van der Waals surface area contributed by atoms with E-state index in [4.69, 9.17) is 0 Å². The van der Waals surface area contributed by atoms with Gasteiger partial charge in [0.25, 0.3) is 0 Å². The van der Waals surface area contributed by atoms with Crippen LogP contribution in [0.2, 0.25) is 0 Å². The van der Waals surface area contributed by atoms with Crippen molar-refractivity contribution in [2.75, 3.05) is 0 Å². The first kappa shape index (κ1) is 19.0. The van der Waals surface area contributed by atoms with Gasteiger partial charge in [0.1, 0.15) is 0 Å². The van der Waals surface area contributed by atoms with Crippen LogP contribution in [0.1, 0.15) is 87.2 Å². The molecule has 0 spiro atoms. The van der Waals surface area contributed by atoms with Crippen LogP contribution in [-0.4, -0.2) is 5.78 Å². The summed E-state index contributed by atoms with van der Waals surface area (Å²) < 4.78 is 0. The smallest absolute Gasteiger partial charge is 0.159 e. The van der Waals surface area contributed by atoms with Gasteiger partial charge in [-0.1, -0.05) is 63.8 Å². The molecule has 0 saturated carbocycles. The largest absolute Gasteiger partial charge is 0.295 e. The number of ketones is 1. The third-order valence-electron chi connectivity index (χ3n) is 5.45. The van der Waals surface area contributed by atoms with Crippen molar-refractivity contribution in [3.8, 4) is 0 Å². The van der Waals surface area contributed by atoms with E-state index in [2.05, 4.69) is 32.6 Å². The molecule has 0 N–H and O–H groups in total. The second-order valence-corrected chi connectivity index (χ2v) is 7.98. The van der Waals surface area contributed by atoms with E-state index >= 15 is 0 Å². The van der Waals surface area contributed by atoms with Crippen LogP contribution in [0.4, 0.5) is 0 Å². The van der Waals surface area contributed by atoms with Gasteiger partial charge in [0.2, 0.25) is 0 Å². The Labute approximate surface area is 148 Å². The Balaban J connectivity index is 1.76. The number of rotatable bonds is 9. The summed E-state index contributed by atoms with van der Waals surface area (Å²) in [7, 11) is 0. The molecule has 1 atom stereocenters. The van der Waals surface area contributed by atoms with E-state index in [0.29, 0.717) is 5.92 Å². The zero-order chi connectivity index (χ0) is 17.5. The highest BCUT2D eigenvalue weighted by Crippen LogP contribution is 2.32. The highest BCUT2D eigenvalue weighted by molar-refractivity contribution is 5.94. The summed E-state index contributed by atoms with van der Waals surface area (Å²) in [6.45, 7) is 10.7. The van der Waals surface area contributed by atoms with Crippen molar-refractivity contribution in [3.05, 3.63) is 47.0 Å². The van der Waals surface area contributed by atoms with Crippen LogP contribution < -0.4 is 0 Å². The number of hydrogen-bond acceptors (Lipinski definition) is 1. The van der Waals surface area contributed by atoms with E-state index in [0.717, 1.165) is 24.3 Å². The van der Waals surface area contributed by atoms with E-state index in [9.17, 15) is 4.79 Å². The lowest BCUT2D eigenvalue weighted by Gasteiger charge is -2.27. The minimum Gasteiger partial charge on any atom is -0.295 e. The fourth-order valence-corrected chi connectivity index (χ4v) is 3.78. The number of allylic oxidation sites excluding steroid dienone is 1. The first-order valence-electron chi connectivity index (χ1n) is 9.77. The molecule has 0 aliphatic heterocycles. The molecule has 0 amide bonds. The molecular weight excluding hydrogens is 292 g/mol. The van der Waals surface area contributed by atoms with Gasteiger partial charge in [0, 0.05) is 5.56 Å². The third kappa shape index (κ3) is 5.61. The molecule has 1 heteroatoms. The Morgan fingerprint density at radius 1 is 1.17 bits per heavy atom. The Kier molecular flexibility index (Phi) is 7.27. The molecule has 24 heavy (non-hydrogen) atoms. The Hall–Kier alpha value is -1.37. The zero-order valence-corrected chi connectivity index (χ0v) is 15.9. The average molecular weight is 327 g/mol. The van der Waals surface area contributed by atoms with Crippen molar-refractivity contribution in [1.82, 2.24) is 0 Å². The summed E-state index contributed by atoms with van der Waals surface area (Å²) in [6.07, 6.45) is 11.3. The fourth-order valence-electron chi connectivity index (χ4n) is 3.78. The van der Waals surface area contributed by atoms with Crippen LogP contribution in [0, 0.1) is 11.8 Å². The quantitative estimate of drug-likeness (QED) is 0.286. The summed E-state index contributed by atoms with van der Waals surface area (Å²) in [5, 5.41) is 0. The van der Waals surface area contributed by atoms with E-state index in [1.165, 1.54) is 61.6 Å². The number of Topliss-reactive ketones (excluding diaryl/α,β-unsaturated/α-hetero) is 1. The van der Waals surface area contributed by atoms with E-state index in [-0.39, 0.29) is 5.78 Å². The number of fused-ring (bicyclic) bond motifs is 1. The first-order chi connectivity index (χ1) is 11.5. The predicted octanol–water partition coefficient (Wildman–Crippen LogP) is 6.55. The molecule has 1 nitrogen and oxygen atoms in total. The second-order valence-electron chi connectivity index (χ2n) is 7.98. The second kappa shape index (κ2) is 9.20. The zero-order valence-electron chi connectivity index (χ0n) is 15.9. The highest BCUT2D eigenvalue weighted by atomic mass is 16.1. The van der Waals surface area contributed by atoms with Crippen LogP contribution >= 0.6 is 0 Å². The fraction of sp³-hybridized carbons (Fsp3) is 0.609. The lowest BCUT2D eigenvalue weighted by Crippen LogP contribution is -2.16. The number of carbonyl (C=O) groups excluding carboxylic acids is 1. The van der Waals surface area contributed by atoms with Crippen LogP contribution in [0.15, 0.2) is 30.4 Å². The number of hydrogen-bond donors (Lipinski definition) is 0. The summed E-state index contributed by atoms with van der Waals surface area (Å²) in [4.78, 5) is 11.5. The molecule has 1 aliphatic rings. The van der Waals surface area contributed by atoms with Crippen molar-refractivity contribution < 1.29 is 4.79 Å². The SMILES string of the molecule is C=C(CCCCCCC(C)C)C1CCc2cc(C(C)=O)ccc2C1. The summed E-state index contributed by atoms with van der Waals surface area (Å²) in [6, 6.07) is 6.25. The molecular formula is C23H34O. The maximum Gasteiger partial charge on any atom is 0.159 e. The molecule has 0 saturated heterocycles. The van der Waals surface area contributed by atoms with Gasteiger partial charge in [0.15, 0.2) is 5.78 Å². The molecule has 0 aromatic heterocycles.